The Morgan fingerprint density at radius 3 is 2.50 bits per heavy atom. The molecule has 3 N–H and O–H groups in total. The van der Waals surface area contributed by atoms with Gasteiger partial charge in [0.1, 0.15) is 34.3 Å². The highest BCUT2D eigenvalue weighted by Gasteiger charge is 2.40. The molecule has 0 radical (unpaired) electrons. The quantitative estimate of drug-likeness (QED) is 0.787. The van der Waals surface area contributed by atoms with Crippen LogP contribution in [0.15, 0.2) is 30.3 Å². The molecule has 24 heavy (non-hydrogen) atoms. The van der Waals surface area contributed by atoms with E-state index in [0.717, 1.165) is 6.07 Å². The molecule has 0 aliphatic carbocycles. The van der Waals surface area contributed by atoms with Gasteiger partial charge in [-0.2, -0.15) is 0 Å². The fourth-order valence-electron chi connectivity index (χ4n) is 2.71. The lowest BCUT2D eigenvalue weighted by Gasteiger charge is -2.31. The number of carbonyl (C=O) groups is 1. The number of methoxy groups -OCH3 is 2. The Kier molecular flexibility index (Phi) is 3.94. The normalized spacial score (nSPS) is 19.4. The number of rotatable bonds is 3. The predicted molar refractivity (Wildman–Crippen MR) is 83.0 cm³/mol. The number of phenolic OH excluding ortho intramolecular Hbond substituents is 2. The zero-order valence-corrected chi connectivity index (χ0v) is 13.0. The van der Waals surface area contributed by atoms with Crippen LogP contribution in [0.25, 0.3) is 0 Å². The highest BCUT2D eigenvalue weighted by atomic mass is 16.5. The lowest BCUT2D eigenvalue weighted by Crippen LogP contribution is -2.36. The van der Waals surface area contributed by atoms with Gasteiger partial charge in [-0.1, -0.05) is 0 Å². The van der Waals surface area contributed by atoms with E-state index in [2.05, 4.69) is 0 Å². The van der Waals surface area contributed by atoms with Crippen molar-refractivity contribution in [1.29, 1.82) is 0 Å². The third kappa shape index (κ3) is 2.48. The van der Waals surface area contributed by atoms with Gasteiger partial charge in [0.2, 0.25) is 5.78 Å². The second-order valence-electron chi connectivity index (χ2n) is 5.29. The van der Waals surface area contributed by atoms with Crippen LogP contribution in [0.4, 0.5) is 0 Å². The van der Waals surface area contributed by atoms with Crippen molar-refractivity contribution in [2.45, 2.75) is 12.2 Å². The summed E-state index contributed by atoms with van der Waals surface area (Å²) in [5, 5.41) is 29.8. The lowest BCUT2D eigenvalue weighted by molar-refractivity contribution is 0.0202. The molecule has 0 aromatic heterocycles. The van der Waals surface area contributed by atoms with Crippen LogP contribution in [-0.4, -0.2) is 41.4 Å². The van der Waals surface area contributed by atoms with E-state index in [9.17, 15) is 20.1 Å². The molecule has 0 saturated carbocycles. The minimum atomic E-state index is -1.55. The Bertz CT molecular complexity index is 800. The van der Waals surface area contributed by atoms with E-state index in [1.165, 1.54) is 20.3 Å². The van der Waals surface area contributed by atoms with Crippen molar-refractivity contribution in [1.82, 2.24) is 0 Å². The lowest BCUT2D eigenvalue weighted by atomic mass is 9.92. The second kappa shape index (κ2) is 5.93. The first kappa shape index (κ1) is 15.9. The summed E-state index contributed by atoms with van der Waals surface area (Å²) in [5.41, 5.74) is 0.240. The van der Waals surface area contributed by atoms with Crippen LogP contribution in [0.1, 0.15) is 22.0 Å². The van der Waals surface area contributed by atoms with E-state index in [1.807, 2.05) is 0 Å². The van der Waals surface area contributed by atoms with Gasteiger partial charge >= 0.3 is 0 Å². The Hall–Kier alpha value is -2.93. The number of fused-ring (bicyclic) bond motifs is 1. The highest BCUT2D eigenvalue weighted by Crippen LogP contribution is 2.44. The Labute approximate surface area is 137 Å². The first-order valence-corrected chi connectivity index (χ1v) is 7.13. The summed E-state index contributed by atoms with van der Waals surface area (Å²) in [6, 6.07) is 7.11. The number of ketones is 1. The maximum Gasteiger partial charge on any atom is 0.202 e. The van der Waals surface area contributed by atoms with E-state index in [-0.39, 0.29) is 17.1 Å². The summed E-state index contributed by atoms with van der Waals surface area (Å²) in [7, 11) is 2.94. The summed E-state index contributed by atoms with van der Waals surface area (Å²) in [6.07, 6.45) is -2.62. The highest BCUT2D eigenvalue weighted by molar-refractivity contribution is 6.05. The summed E-state index contributed by atoms with van der Waals surface area (Å²) < 4.78 is 16.1. The fourth-order valence-corrected chi connectivity index (χ4v) is 2.71. The molecule has 126 valence electrons. The van der Waals surface area contributed by atoms with Gasteiger partial charge in [-0.05, 0) is 18.2 Å². The van der Waals surface area contributed by atoms with E-state index >= 15 is 0 Å². The Morgan fingerprint density at radius 1 is 1.08 bits per heavy atom. The minimum absolute atomic E-state index is 0.0160. The number of phenols is 2. The topological polar surface area (TPSA) is 105 Å². The summed E-state index contributed by atoms with van der Waals surface area (Å²) in [5.74, 6) is -0.530. The van der Waals surface area contributed by atoms with Crippen LogP contribution in [-0.2, 0) is 0 Å². The Balaban J connectivity index is 2.12. The molecule has 1 aliphatic rings. The van der Waals surface area contributed by atoms with Gasteiger partial charge in [0.05, 0.1) is 14.2 Å². The van der Waals surface area contributed by atoms with Crippen molar-refractivity contribution in [2.24, 2.45) is 0 Å². The van der Waals surface area contributed by atoms with Gasteiger partial charge in [-0.3, -0.25) is 4.79 Å². The van der Waals surface area contributed by atoms with Crippen LogP contribution in [0.3, 0.4) is 0 Å². The van der Waals surface area contributed by atoms with Gasteiger partial charge in [0.15, 0.2) is 12.2 Å². The van der Waals surface area contributed by atoms with E-state index < -0.39 is 23.7 Å². The minimum Gasteiger partial charge on any atom is -0.508 e. The molecule has 0 bridgehead atoms. The standard InChI is InChI=1S/C17H16O7/c1-22-9-3-4-12(23-2)10(7-9)17-16(21)15(20)14-11(19)5-8(18)6-13(14)24-17/h3-7,16-19,21H,1-2H3/t16-,17+/m0/s1. The number of aliphatic hydroxyl groups is 1. The van der Waals surface area contributed by atoms with Crippen molar-refractivity contribution >= 4 is 5.78 Å². The number of benzene rings is 2. The maximum absolute atomic E-state index is 12.4. The number of ether oxygens (including phenoxy) is 3. The molecule has 1 heterocycles. The SMILES string of the molecule is COc1ccc(OC)c([C@H]2Oc3cc(O)cc(O)c3C(=O)[C@@H]2O)c1. The molecule has 7 nitrogen and oxygen atoms in total. The molecule has 1 aliphatic heterocycles. The third-order valence-electron chi connectivity index (χ3n) is 3.87. The average molecular weight is 332 g/mol. The molecule has 2 aromatic rings. The average Bonchev–Trinajstić information content (AvgIpc) is 2.56. The first-order chi connectivity index (χ1) is 11.5. The molecule has 3 rings (SSSR count). The number of Topliss-reactive ketones (excluding diaryl/α,β-unsaturated/α-hetero) is 1. The summed E-state index contributed by atoms with van der Waals surface area (Å²) >= 11 is 0. The second-order valence-corrected chi connectivity index (χ2v) is 5.29. The van der Waals surface area contributed by atoms with Gasteiger partial charge in [-0.25, -0.2) is 0 Å². The van der Waals surface area contributed by atoms with Crippen LogP contribution < -0.4 is 14.2 Å². The number of carbonyl (C=O) groups excluding carboxylic acids is 1. The monoisotopic (exact) mass is 332 g/mol. The molecule has 7 heteroatoms. The van der Waals surface area contributed by atoms with Crippen molar-refractivity contribution in [3.8, 4) is 28.7 Å². The van der Waals surface area contributed by atoms with Gasteiger partial charge < -0.3 is 29.5 Å². The van der Waals surface area contributed by atoms with Crippen molar-refractivity contribution < 1.29 is 34.3 Å². The largest absolute Gasteiger partial charge is 0.508 e. The van der Waals surface area contributed by atoms with Gasteiger partial charge in [-0.15, -0.1) is 0 Å². The number of hydrogen-bond acceptors (Lipinski definition) is 7. The van der Waals surface area contributed by atoms with Crippen molar-refractivity contribution in [3.63, 3.8) is 0 Å². The van der Waals surface area contributed by atoms with Crippen LogP contribution >= 0.6 is 0 Å². The number of hydrogen-bond donors (Lipinski definition) is 3. The molecule has 2 atom stereocenters. The zero-order chi connectivity index (χ0) is 17.4. The number of aromatic hydroxyl groups is 2. The van der Waals surface area contributed by atoms with Crippen LogP contribution in [0, 0.1) is 0 Å². The Morgan fingerprint density at radius 2 is 1.83 bits per heavy atom. The van der Waals surface area contributed by atoms with Crippen molar-refractivity contribution in [3.05, 3.63) is 41.5 Å². The predicted octanol–water partition coefficient (Wildman–Crippen LogP) is 1.79. The van der Waals surface area contributed by atoms with Gasteiger partial charge in [0, 0.05) is 17.7 Å². The molecule has 0 spiro atoms. The van der Waals surface area contributed by atoms with E-state index in [4.69, 9.17) is 14.2 Å². The smallest absolute Gasteiger partial charge is 0.202 e. The van der Waals surface area contributed by atoms with E-state index in [0.29, 0.717) is 17.1 Å². The molecule has 0 saturated heterocycles. The van der Waals surface area contributed by atoms with E-state index in [1.54, 1.807) is 18.2 Å². The van der Waals surface area contributed by atoms with Crippen molar-refractivity contribution in [2.75, 3.05) is 14.2 Å². The zero-order valence-electron chi connectivity index (χ0n) is 13.0. The van der Waals surface area contributed by atoms with Gasteiger partial charge in [0.25, 0.3) is 0 Å². The molecule has 0 fully saturated rings. The summed E-state index contributed by atoms with van der Waals surface area (Å²) in [4.78, 5) is 12.4. The summed E-state index contributed by atoms with van der Waals surface area (Å²) in [6.45, 7) is 0. The molecule has 2 aromatic carbocycles. The van der Waals surface area contributed by atoms with Crippen LogP contribution in [0.2, 0.25) is 0 Å². The maximum atomic E-state index is 12.4. The van der Waals surface area contributed by atoms with Crippen LogP contribution in [0.5, 0.6) is 28.7 Å². The molecular weight excluding hydrogens is 316 g/mol. The molecule has 0 unspecified atom stereocenters. The number of aliphatic hydroxyl groups excluding tert-OH is 1. The fraction of sp³-hybridized carbons (Fsp3) is 0.235. The molecule has 0 amide bonds. The third-order valence-corrected chi connectivity index (χ3v) is 3.87. The first-order valence-electron chi connectivity index (χ1n) is 7.13. The molecular formula is C17H16O7.